The highest BCUT2D eigenvalue weighted by Gasteiger charge is 2.28. The third-order valence-corrected chi connectivity index (χ3v) is 3.28. The molecule has 0 saturated carbocycles. The molecule has 0 aliphatic carbocycles. The molecule has 0 radical (unpaired) electrons. The van der Waals surface area contributed by atoms with Gasteiger partial charge in [-0.05, 0) is 20.9 Å². The largest absolute Gasteiger partial charge is 0.380 e. The van der Waals surface area contributed by atoms with E-state index in [-0.39, 0.29) is 5.54 Å². The van der Waals surface area contributed by atoms with Crippen LogP contribution >= 0.6 is 0 Å². The van der Waals surface area contributed by atoms with E-state index in [1.807, 2.05) is 30.9 Å². The van der Waals surface area contributed by atoms with Crippen molar-refractivity contribution in [2.75, 3.05) is 26.8 Å². The summed E-state index contributed by atoms with van der Waals surface area (Å²) in [5, 5.41) is 0. The third-order valence-electron chi connectivity index (χ3n) is 3.28. The molecule has 1 heterocycles. The van der Waals surface area contributed by atoms with Crippen LogP contribution in [0.5, 0.6) is 0 Å². The Labute approximate surface area is 104 Å². The summed E-state index contributed by atoms with van der Waals surface area (Å²) in [4.78, 5) is 6.52. The molecule has 1 aromatic heterocycles. The van der Waals surface area contributed by atoms with Gasteiger partial charge in [-0.15, -0.1) is 0 Å². The number of rotatable bonds is 7. The molecule has 0 amide bonds. The van der Waals surface area contributed by atoms with E-state index in [0.29, 0.717) is 19.8 Å². The zero-order valence-corrected chi connectivity index (χ0v) is 11.3. The molecule has 0 aliphatic heterocycles. The zero-order valence-electron chi connectivity index (χ0n) is 11.3. The molecule has 1 atom stereocenters. The van der Waals surface area contributed by atoms with Crippen molar-refractivity contribution in [1.82, 2.24) is 14.5 Å². The van der Waals surface area contributed by atoms with Crippen LogP contribution in [0.1, 0.15) is 19.7 Å². The molecular formula is C12H24N4O. The van der Waals surface area contributed by atoms with Crippen molar-refractivity contribution in [3.05, 3.63) is 18.2 Å². The van der Waals surface area contributed by atoms with Gasteiger partial charge in [-0.3, -0.25) is 4.90 Å². The Kier molecular flexibility index (Phi) is 5.11. The van der Waals surface area contributed by atoms with Crippen LogP contribution < -0.4 is 5.73 Å². The Balaban J connectivity index is 2.66. The average molecular weight is 240 g/mol. The monoisotopic (exact) mass is 240 g/mol. The van der Waals surface area contributed by atoms with Crippen LogP contribution in [0, 0.1) is 0 Å². The van der Waals surface area contributed by atoms with Gasteiger partial charge in [0.25, 0.3) is 0 Å². The van der Waals surface area contributed by atoms with Gasteiger partial charge < -0.3 is 15.0 Å². The van der Waals surface area contributed by atoms with E-state index in [9.17, 15) is 0 Å². The molecule has 1 rings (SSSR count). The summed E-state index contributed by atoms with van der Waals surface area (Å²) < 4.78 is 7.53. The maximum absolute atomic E-state index is 5.87. The highest BCUT2D eigenvalue weighted by atomic mass is 16.5. The lowest BCUT2D eigenvalue weighted by Gasteiger charge is -2.37. The lowest BCUT2D eigenvalue weighted by Crippen LogP contribution is -2.52. The van der Waals surface area contributed by atoms with Gasteiger partial charge in [-0.25, -0.2) is 4.98 Å². The van der Waals surface area contributed by atoms with Gasteiger partial charge in [-0.2, -0.15) is 0 Å². The summed E-state index contributed by atoms with van der Waals surface area (Å²) in [5.41, 5.74) is 5.72. The number of imidazole rings is 1. The van der Waals surface area contributed by atoms with Crippen molar-refractivity contribution in [3.63, 3.8) is 0 Å². The second kappa shape index (κ2) is 6.14. The van der Waals surface area contributed by atoms with Crippen LogP contribution in [0.15, 0.2) is 12.4 Å². The molecule has 0 aromatic carbocycles. The molecule has 0 spiro atoms. The minimum Gasteiger partial charge on any atom is -0.380 e. The molecular weight excluding hydrogens is 216 g/mol. The van der Waals surface area contributed by atoms with E-state index in [4.69, 9.17) is 10.5 Å². The van der Waals surface area contributed by atoms with Crippen LogP contribution in [-0.2, 0) is 18.3 Å². The van der Waals surface area contributed by atoms with Gasteiger partial charge in [0, 0.05) is 32.6 Å². The fraction of sp³-hybridized carbons (Fsp3) is 0.750. The van der Waals surface area contributed by atoms with E-state index in [2.05, 4.69) is 23.9 Å². The minimum absolute atomic E-state index is 0.151. The molecule has 1 unspecified atom stereocenters. The molecule has 1 aromatic rings. The van der Waals surface area contributed by atoms with Gasteiger partial charge in [0.05, 0.1) is 18.7 Å². The second-order valence-corrected chi connectivity index (χ2v) is 4.65. The van der Waals surface area contributed by atoms with E-state index < -0.39 is 0 Å². The maximum Gasteiger partial charge on any atom is 0.122 e. The van der Waals surface area contributed by atoms with Crippen LogP contribution in [0.4, 0.5) is 0 Å². The first kappa shape index (κ1) is 14.2. The van der Waals surface area contributed by atoms with Gasteiger partial charge in [-0.1, -0.05) is 0 Å². The fourth-order valence-corrected chi connectivity index (χ4v) is 1.60. The summed E-state index contributed by atoms with van der Waals surface area (Å²) in [5.74, 6) is 1.03. The summed E-state index contributed by atoms with van der Waals surface area (Å²) in [6.07, 6.45) is 3.76. The second-order valence-electron chi connectivity index (χ2n) is 4.65. The molecule has 5 heteroatoms. The molecule has 17 heavy (non-hydrogen) atoms. The smallest absolute Gasteiger partial charge is 0.122 e. The lowest BCUT2D eigenvalue weighted by atomic mass is 10.0. The highest BCUT2D eigenvalue weighted by molar-refractivity contribution is 4.94. The summed E-state index contributed by atoms with van der Waals surface area (Å²) in [7, 11) is 4.05. The Bertz CT molecular complexity index is 339. The van der Waals surface area contributed by atoms with Gasteiger partial charge >= 0.3 is 0 Å². The fourth-order valence-electron chi connectivity index (χ4n) is 1.60. The van der Waals surface area contributed by atoms with Crippen LogP contribution in [0.2, 0.25) is 0 Å². The predicted molar refractivity (Wildman–Crippen MR) is 68.6 cm³/mol. The predicted octanol–water partition coefficient (Wildman–Crippen LogP) is 0.606. The number of likely N-dealkylation sites (N-methyl/N-ethyl adjacent to an activating group) is 1. The third kappa shape index (κ3) is 3.52. The zero-order chi connectivity index (χ0) is 12.9. The summed E-state index contributed by atoms with van der Waals surface area (Å²) in [6.45, 7) is 6.80. The van der Waals surface area contributed by atoms with Crippen LogP contribution in [-0.4, -0.2) is 46.8 Å². The topological polar surface area (TPSA) is 56.3 Å². The molecule has 2 N–H and O–H groups in total. The van der Waals surface area contributed by atoms with Crippen molar-refractivity contribution < 1.29 is 4.74 Å². The number of hydrogen-bond acceptors (Lipinski definition) is 4. The standard InChI is InChI=1S/C12H24N4O/c1-5-17-10-12(2,9-13)16(4)8-11-14-6-7-15(11)3/h6-7H,5,8-10,13H2,1-4H3. The van der Waals surface area contributed by atoms with Gasteiger partial charge in [0.1, 0.15) is 5.82 Å². The molecule has 0 saturated heterocycles. The first-order chi connectivity index (χ1) is 8.03. The van der Waals surface area contributed by atoms with E-state index in [0.717, 1.165) is 12.4 Å². The van der Waals surface area contributed by atoms with Crippen molar-refractivity contribution in [3.8, 4) is 0 Å². The number of ether oxygens (including phenoxy) is 1. The Morgan fingerprint density at radius 2 is 2.29 bits per heavy atom. The van der Waals surface area contributed by atoms with E-state index in [1.54, 1.807) is 0 Å². The molecule has 0 aliphatic rings. The first-order valence-electron chi connectivity index (χ1n) is 5.98. The van der Waals surface area contributed by atoms with Crippen molar-refractivity contribution in [1.29, 1.82) is 0 Å². The summed E-state index contributed by atoms with van der Waals surface area (Å²) >= 11 is 0. The van der Waals surface area contributed by atoms with E-state index >= 15 is 0 Å². The number of nitrogens with two attached hydrogens (primary N) is 1. The van der Waals surface area contributed by atoms with Crippen molar-refractivity contribution >= 4 is 0 Å². The van der Waals surface area contributed by atoms with E-state index in [1.165, 1.54) is 0 Å². The van der Waals surface area contributed by atoms with Crippen molar-refractivity contribution in [2.45, 2.75) is 25.9 Å². The quantitative estimate of drug-likeness (QED) is 0.758. The highest BCUT2D eigenvalue weighted by Crippen LogP contribution is 2.15. The number of aryl methyl sites for hydroxylation is 1. The van der Waals surface area contributed by atoms with Gasteiger partial charge in [0.15, 0.2) is 0 Å². The summed E-state index contributed by atoms with van der Waals surface area (Å²) in [6, 6.07) is 0. The lowest BCUT2D eigenvalue weighted by molar-refractivity contribution is 0.0187. The molecule has 0 bridgehead atoms. The first-order valence-corrected chi connectivity index (χ1v) is 5.98. The normalized spacial score (nSPS) is 15.2. The molecule has 98 valence electrons. The van der Waals surface area contributed by atoms with Crippen LogP contribution in [0.3, 0.4) is 0 Å². The van der Waals surface area contributed by atoms with Gasteiger partial charge in [0.2, 0.25) is 0 Å². The SMILES string of the molecule is CCOCC(C)(CN)N(C)Cc1nccn1C. The van der Waals surface area contributed by atoms with Crippen molar-refractivity contribution in [2.24, 2.45) is 12.8 Å². The Hall–Kier alpha value is -0.910. The Morgan fingerprint density at radius 3 is 2.76 bits per heavy atom. The number of nitrogens with zero attached hydrogens (tertiary/aromatic N) is 3. The number of hydrogen-bond donors (Lipinski definition) is 1. The number of aromatic nitrogens is 2. The molecule has 0 fully saturated rings. The maximum atomic E-state index is 5.87. The average Bonchev–Trinajstić information content (AvgIpc) is 2.72. The Morgan fingerprint density at radius 1 is 1.59 bits per heavy atom. The minimum atomic E-state index is -0.151. The van der Waals surface area contributed by atoms with Crippen LogP contribution in [0.25, 0.3) is 0 Å². The molecule has 5 nitrogen and oxygen atoms in total.